The van der Waals surface area contributed by atoms with Crippen LogP contribution in [-0.2, 0) is 10.0 Å². The van der Waals surface area contributed by atoms with E-state index >= 15 is 0 Å². The van der Waals surface area contributed by atoms with E-state index in [4.69, 9.17) is 0 Å². The number of guanidine groups is 1. The quantitative estimate of drug-likeness (QED) is 0.232. The van der Waals surface area contributed by atoms with Crippen LogP contribution in [0.2, 0.25) is 0 Å². The van der Waals surface area contributed by atoms with Crippen LogP contribution in [0.15, 0.2) is 4.99 Å². The van der Waals surface area contributed by atoms with E-state index in [1.54, 1.807) is 21.0 Å². The number of hydrogen-bond donors (Lipinski definition) is 2. The maximum Gasteiger partial charge on any atom is 0.213 e. The molecule has 2 N–H and O–H groups in total. The monoisotopic (exact) mass is 448 g/mol. The Morgan fingerprint density at radius 1 is 1.18 bits per heavy atom. The summed E-state index contributed by atoms with van der Waals surface area (Å²) in [6, 6.07) is 0. The highest BCUT2D eigenvalue weighted by atomic mass is 127. The molecule has 0 saturated heterocycles. The van der Waals surface area contributed by atoms with Gasteiger partial charge in [-0.1, -0.05) is 26.7 Å². The Morgan fingerprint density at radius 3 is 2.23 bits per heavy atom. The third kappa shape index (κ3) is 9.83. The molecule has 0 radical (unpaired) electrons. The van der Waals surface area contributed by atoms with Crippen molar-refractivity contribution in [2.24, 2.45) is 10.9 Å². The smallest absolute Gasteiger partial charge is 0.213 e. The SMILES string of the molecule is CCC(CC)CNC(=NC)NCCCN(C)S(=O)(=O)CC.I. The lowest BCUT2D eigenvalue weighted by molar-refractivity contribution is 0.459. The zero-order valence-corrected chi connectivity index (χ0v) is 17.7. The largest absolute Gasteiger partial charge is 0.356 e. The molecule has 0 bridgehead atoms. The summed E-state index contributed by atoms with van der Waals surface area (Å²) in [5, 5.41) is 6.52. The van der Waals surface area contributed by atoms with Gasteiger partial charge in [0.25, 0.3) is 0 Å². The minimum absolute atomic E-state index is 0. The first-order chi connectivity index (χ1) is 9.91. The number of nitrogens with one attached hydrogen (secondary N) is 2. The fourth-order valence-corrected chi connectivity index (χ4v) is 2.76. The molecule has 0 spiro atoms. The predicted octanol–water partition coefficient (Wildman–Crippen LogP) is 1.88. The third-order valence-electron chi connectivity index (χ3n) is 3.72. The molecule has 8 heteroatoms. The van der Waals surface area contributed by atoms with Gasteiger partial charge in [-0.25, -0.2) is 12.7 Å². The Bertz CT molecular complexity index is 398. The van der Waals surface area contributed by atoms with Crippen molar-refractivity contribution in [2.75, 3.05) is 39.5 Å². The van der Waals surface area contributed by atoms with E-state index in [1.165, 1.54) is 4.31 Å². The summed E-state index contributed by atoms with van der Waals surface area (Å²) in [4.78, 5) is 4.17. The minimum Gasteiger partial charge on any atom is -0.356 e. The maximum absolute atomic E-state index is 11.6. The van der Waals surface area contributed by atoms with Crippen LogP contribution in [-0.4, -0.2) is 58.2 Å². The number of aliphatic imine (C=N–C) groups is 1. The summed E-state index contributed by atoms with van der Waals surface area (Å²) in [6.45, 7) is 8.18. The first kappa shape index (κ1) is 24.2. The van der Waals surface area contributed by atoms with Gasteiger partial charge in [0.2, 0.25) is 10.0 Å². The molecule has 0 heterocycles. The van der Waals surface area contributed by atoms with Crippen LogP contribution < -0.4 is 10.6 Å². The average Bonchev–Trinajstić information content (AvgIpc) is 2.49. The molecule has 0 aliphatic heterocycles. The molecule has 6 nitrogen and oxygen atoms in total. The van der Waals surface area contributed by atoms with Crippen molar-refractivity contribution in [3.63, 3.8) is 0 Å². The van der Waals surface area contributed by atoms with Gasteiger partial charge in [-0.2, -0.15) is 0 Å². The van der Waals surface area contributed by atoms with Crippen molar-refractivity contribution in [3.05, 3.63) is 0 Å². The summed E-state index contributed by atoms with van der Waals surface area (Å²) >= 11 is 0. The van der Waals surface area contributed by atoms with Crippen LogP contribution in [0.25, 0.3) is 0 Å². The molecular formula is C14H33IN4O2S. The molecule has 0 aromatic heterocycles. The van der Waals surface area contributed by atoms with Crippen molar-refractivity contribution in [3.8, 4) is 0 Å². The molecule has 0 saturated carbocycles. The topological polar surface area (TPSA) is 73.8 Å². The lowest BCUT2D eigenvalue weighted by Crippen LogP contribution is -2.41. The second-order valence-corrected chi connectivity index (χ2v) is 7.50. The lowest BCUT2D eigenvalue weighted by atomic mass is 10.0. The van der Waals surface area contributed by atoms with Gasteiger partial charge in [0, 0.05) is 33.7 Å². The molecule has 22 heavy (non-hydrogen) atoms. The van der Waals surface area contributed by atoms with Gasteiger partial charge in [0.1, 0.15) is 0 Å². The summed E-state index contributed by atoms with van der Waals surface area (Å²) < 4.78 is 24.6. The second kappa shape index (κ2) is 13.4. The Labute approximate surface area is 153 Å². The number of hydrogen-bond acceptors (Lipinski definition) is 3. The van der Waals surface area contributed by atoms with E-state index in [9.17, 15) is 8.42 Å². The van der Waals surface area contributed by atoms with Crippen LogP contribution in [0.5, 0.6) is 0 Å². The highest BCUT2D eigenvalue weighted by Crippen LogP contribution is 2.04. The van der Waals surface area contributed by atoms with E-state index in [1.807, 2.05) is 0 Å². The van der Waals surface area contributed by atoms with Crippen molar-refractivity contribution in [1.29, 1.82) is 0 Å². The third-order valence-corrected chi connectivity index (χ3v) is 5.58. The molecule has 0 aromatic rings. The van der Waals surface area contributed by atoms with E-state index in [-0.39, 0.29) is 29.7 Å². The summed E-state index contributed by atoms with van der Waals surface area (Å²) in [7, 11) is 0.297. The van der Waals surface area contributed by atoms with Crippen LogP contribution in [0.1, 0.15) is 40.0 Å². The highest BCUT2D eigenvalue weighted by Gasteiger charge is 2.13. The Hall–Kier alpha value is -0.0900. The van der Waals surface area contributed by atoms with E-state index in [2.05, 4.69) is 29.5 Å². The summed E-state index contributed by atoms with van der Waals surface area (Å²) in [5.74, 6) is 1.59. The molecule has 0 aliphatic rings. The van der Waals surface area contributed by atoms with Crippen molar-refractivity contribution in [2.45, 2.75) is 40.0 Å². The number of nitrogens with zero attached hydrogens (tertiary/aromatic N) is 2. The molecule has 134 valence electrons. The van der Waals surface area contributed by atoms with Gasteiger partial charge in [-0.05, 0) is 19.3 Å². The van der Waals surface area contributed by atoms with Crippen molar-refractivity contribution in [1.82, 2.24) is 14.9 Å². The number of sulfonamides is 1. The van der Waals surface area contributed by atoms with Crippen molar-refractivity contribution >= 4 is 40.0 Å². The van der Waals surface area contributed by atoms with E-state index < -0.39 is 10.0 Å². The normalized spacial score (nSPS) is 12.4. The van der Waals surface area contributed by atoms with Gasteiger partial charge in [0.15, 0.2) is 5.96 Å². The Morgan fingerprint density at radius 2 is 1.77 bits per heavy atom. The maximum atomic E-state index is 11.6. The zero-order valence-electron chi connectivity index (χ0n) is 14.6. The van der Waals surface area contributed by atoms with Crippen LogP contribution in [0.3, 0.4) is 0 Å². The van der Waals surface area contributed by atoms with Gasteiger partial charge in [-0.3, -0.25) is 4.99 Å². The van der Waals surface area contributed by atoms with Gasteiger partial charge in [-0.15, -0.1) is 24.0 Å². The van der Waals surface area contributed by atoms with Gasteiger partial charge < -0.3 is 10.6 Å². The standard InChI is InChI=1S/C14H32N4O2S.HI/c1-6-13(7-2)12-17-14(15-4)16-10-9-11-18(5)21(19,20)8-3;/h13H,6-12H2,1-5H3,(H2,15,16,17);1H. The molecule has 0 rings (SSSR count). The fourth-order valence-electron chi connectivity index (χ4n) is 1.91. The first-order valence-corrected chi connectivity index (χ1v) is 9.40. The molecule has 0 unspecified atom stereocenters. The summed E-state index contributed by atoms with van der Waals surface area (Å²) in [6.07, 6.45) is 3.06. The molecule has 0 aliphatic carbocycles. The van der Waals surface area contributed by atoms with Crippen LogP contribution in [0.4, 0.5) is 0 Å². The van der Waals surface area contributed by atoms with Crippen LogP contribution in [0, 0.1) is 5.92 Å². The van der Waals surface area contributed by atoms with E-state index in [0.29, 0.717) is 19.0 Å². The van der Waals surface area contributed by atoms with Crippen molar-refractivity contribution < 1.29 is 8.42 Å². The molecule has 0 fully saturated rings. The average molecular weight is 448 g/mol. The second-order valence-electron chi connectivity index (χ2n) is 5.14. The number of rotatable bonds is 10. The van der Waals surface area contributed by atoms with Gasteiger partial charge in [0.05, 0.1) is 5.75 Å². The van der Waals surface area contributed by atoms with Gasteiger partial charge >= 0.3 is 0 Å². The molecule has 0 atom stereocenters. The fraction of sp³-hybridized carbons (Fsp3) is 0.929. The summed E-state index contributed by atoms with van der Waals surface area (Å²) in [5.41, 5.74) is 0. The molecule has 0 aromatic carbocycles. The lowest BCUT2D eigenvalue weighted by Gasteiger charge is -2.18. The minimum atomic E-state index is -3.07. The molecule has 0 amide bonds. The first-order valence-electron chi connectivity index (χ1n) is 7.79. The molecular weight excluding hydrogens is 415 g/mol. The van der Waals surface area contributed by atoms with Crippen LogP contribution >= 0.6 is 24.0 Å². The Kier molecular flexibility index (Phi) is 14.7. The zero-order chi connectivity index (χ0) is 16.3. The predicted molar refractivity (Wildman–Crippen MR) is 106 cm³/mol. The highest BCUT2D eigenvalue weighted by molar-refractivity contribution is 14.0. The van der Waals surface area contributed by atoms with E-state index in [0.717, 1.165) is 31.8 Å². The Balaban J connectivity index is 0. The number of halogens is 1.